The van der Waals surface area contributed by atoms with Crippen LogP contribution < -0.4 is 16.4 Å². The molecule has 51 heavy (non-hydrogen) atoms. The van der Waals surface area contributed by atoms with E-state index in [1.54, 1.807) is 0 Å². The van der Waals surface area contributed by atoms with Gasteiger partial charge in [-0.3, -0.25) is 0 Å². The lowest BCUT2D eigenvalue weighted by atomic mass is 9.48. The second kappa shape index (κ2) is 66.3. The number of hydrogen-bond donors (Lipinski definition) is 0. The van der Waals surface area contributed by atoms with Gasteiger partial charge in [0.1, 0.15) is 0 Å². The fourth-order valence-electron chi connectivity index (χ4n) is 3.73. The zero-order chi connectivity index (χ0) is 42.8. The number of rotatable bonds is 6. The van der Waals surface area contributed by atoms with Gasteiger partial charge in [-0.05, 0) is 30.4 Å². The third kappa shape index (κ3) is 46.0. The van der Waals surface area contributed by atoms with Gasteiger partial charge in [0.05, 0.1) is 23.5 Å². The zero-order valence-electron chi connectivity index (χ0n) is 39.5. The SMILES string of the molecule is CC.CC.CC.CC.CC.CC.CCc1ccc(B(C)C)cc1.CCc1cccc(B(C)C)c1.CCc1ccccc1B(C)C.[B]C.[B]C.[B]C. The Balaban J connectivity index is -0.0000000605. The molecule has 0 heterocycles. The summed E-state index contributed by atoms with van der Waals surface area (Å²) in [7, 11) is 13.5. The Morgan fingerprint density at radius 2 is 0.745 bits per heavy atom. The monoisotopic (exact) mass is 697 g/mol. The van der Waals surface area contributed by atoms with Crippen molar-refractivity contribution in [1.82, 2.24) is 0 Å². The average molecular weight is 696 g/mol. The molecule has 288 valence electrons. The molecule has 3 rings (SSSR count). The van der Waals surface area contributed by atoms with Crippen molar-refractivity contribution in [2.45, 2.75) is 185 Å². The van der Waals surface area contributed by atoms with Crippen molar-refractivity contribution in [2.75, 3.05) is 0 Å². The third-order valence-electron chi connectivity index (χ3n) is 6.14. The van der Waals surface area contributed by atoms with Crippen LogP contribution in [0, 0.1) is 0 Å². The van der Waals surface area contributed by atoms with Crippen molar-refractivity contribution < 1.29 is 0 Å². The molecule has 0 bridgehead atoms. The lowest BCUT2D eigenvalue weighted by Gasteiger charge is -2.07. The van der Waals surface area contributed by atoms with Crippen LogP contribution in [0.15, 0.2) is 72.8 Å². The van der Waals surface area contributed by atoms with E-state index < -0.39 is 0 Å². The topological polar surface area (TPSA) is 0 Å². The molecule has 0 aliphatic rings. The third-order valence-corrected chi connectivity index (χ3v) is 6.14. The van der Waals surface area contributed by atoms with Crippen molar-refractivity contribution in [3.8, 4) is 0 Å². The van der Waals surface area contributed by atoms with Crippen LogP contribution in [0.1, 0.15) is 121 Å². The van der Waals surface area contributed by atoms with Crippen LogP contribution in [-0.2, 0) is 19.3 Å². The maximum atomic E-state index is 4.50. The van der Waals surface area contributed by atoms with E-state index in [-0.39, 0.29) is 0 Å². The molecule has 0 nitrogen and oxygen atoms in total. The highest BCUT2D eigenvalue weighted by molar-refractivity contribution is 6.71. The first-order valence-electron chi connectivity index (χ1n) is 20.7. The van der Waals surface area contributed by atoms with Gasteiger partial charge >= 0.3 is 0 Å². The zero-order valence-corrected chi connectivity index (χ0v) is 39.5. The minimum Gasteiger partial charge on any atom is -0.0999 e. The van der Waals surface area contributed by atoms with Crippen LogP contribution in [0.3, 0.4) is 0 Å². The standard InChI is InChI=1S/3C10H15B.6C2H6.3CH3B/c1-4-9-5-7-10(8-6-9)11(2)3;1-4-9-6-5-7-10(8-9)11(2)3;1-4-9-7-5-6-8-10(9)11(2)3;9*1-2/h3*5-8H,4H2,1-3H3;6*1-2H3;3*1H3. The van der Waals surface area contributed by atoms with E-state index in [2.05, 4.69) is 158 Å². The highest BCUT2D eigenvalue weighted by Gasteiger charge is 2.05. The van der Waals surface area contributed by atoms with E-state index >= 15 is 0 Å². The van der Waals surface area contributed by atoms with E-state index in [9.17, 15) is 0 Å². The van der Waals surface area contributed by atoms with Crippen molar-refractivity contribution in [2.24, 2.45) is 0 Å². The summed E-state index contributed by atoms with van der Waals surface area (Å²) in [5.74, 6) is 0. The molecule has 0 saturated carbocycles. The average Bonchev–Trinajstić information content (AvgIpc) is 3.25. The van der Waals surface area contributed by atoms with Crippen LogP contribution >= 0.6 is 0 Å². The van der Waals surface area contributed by atoms with Crippen molar-refractivity contribution in [3.63, 3.8) is 0 Å². The fourth-order valence-corrected chi connectivity index (χ4v) is 3.73. The summed E-state index contributed by atoms with van der Waals surface area (Å²) in [5.41, 5.74) is 8.73. The van der Waals surface area contributed by atoms with Crippen LogP contribution in [0.2, 0.25) is 61.4 Å². The van der Waals surface area contributed by atoms with Gasteiger partial charge in [-0.25, -0.2) is 0 Å². The molecule has 0 saturated heterocycles. The van der Waals surface area contributed by atoms with Gasteiger partial charge < -0.3 is 0 Å². The first kappa shape index (κ1) is 70.6. The maximum absolute atomic E-state index is 4.50. The first-order valence-corrected chi connectivity index (χ1v) is 20.7. The largest absolute Gasteiger partial charge is 0.169 e. The molecule has 3 aromatic carbocycles. The second-order valence-electron chi connectivity index (χ2n) is 9.71. The lowest BCUT2D eigenvalue weighted by molar-refractivity contribution is 1.14. The van der Waals surface area contributed by atoms with E-state index in [1.165, 1.54) is 53.5 Å². The molecular weight excluding hydrogens is 605 g/mol. The molecule has 0 unspecified atom stereocenters. The van der Waals surface area contributed by atoms with E-state index in [4.69, 9.17) is 0 Å². The summed E-state index contributed by atoms with van der Waals surface area (Å²) >= 11 is 0. The van der Waals surface area contributed by atoms with Crippen LogP contribution in [0.5, 0.6) is 0 Å². The summed E-state index contributed by atoms with van der Waals surface area (Å²) in [5, 5.41) is 0. The quantitative estimate of drug-likeness (QED) is 0.225. The lowest BCUT2D eigenvalue weighted by Crippen LogP contribution is -2.26. The van der Waals surface area contributed by atoms with Gasteiger partial charge in [0.25, 0.3) is 0 Å². The summed E-state index contributed by atoms with van der Waals surface area (Å²) < 4.78 is 0. The molecule has 3 aromatic rings. The smallest absolute Gasteiger partial charge is 0.0999 e. The summed E-state index contributed by atoms with van der Waals surface area (Å²) in [6.45, 7) is 50.5. The molecule has 6 heteroatoms. The second-order valence-corrected chi connectivity index (χ2v) is 9.71. The van der Waals surface area contributed by atoms with Gasteiger partial charge in [-0.15, -0.1) is 0 Å². The van der Waals surface area contributed by atoms with E-state index in [1.807, 2.05) is 83.1 Å². The highest BCUT2D eigenvalue weighted by Crippen LogP contribution is 2.00. The Hall–Kier alpha value is -1.95. The van der Waals surface area contributed by atoms with Crippen LogP contribution in [-0.4, -0.2) is 43.7 Å². The molecule has 0 amide bonds. The molecular formula is C45H90B6. The normalized spacial score (nSPS) is 7.29. The molecule has 0 aliphatic carbocycles. The van der Waals surface area contributed by atoms with E-state index in [0.29, 0.717) is 20.1 Å². The van der Waals surface area contributed by atoms with Gasteiger partial charge in [0.2, 0.25) is 0 Å². The number of benzene rings is 3. The Labute approximate surface area is 332 Å². The first-order chi connectivity index (χ1) is 24.7. The van der Waals surface area contributed by atoms with Crippen LogP contribution in [0.25, 0.3) is 0 Å². The molecule has 6 radical (unpaired) electrons. The van der Waals surface area contributed by atoms with Gasteiger partial charge in [0, 0.05) is 0 Å². The minimum absolute atomic E-state index is 0.654. The summed E-state index contributed by atoms with van der Waals surface area (Å²) in [4.78, 5) is 0. The Kier molecular flexibility index (Phi) is 91.8. The van der Waals surface area contributed by atoms with Gasteiger partial charge in [0.15, 0.2) is 20.1 Å². The van der Waals surface area contributed by atoms with Gasteiger partial charge in [-0.1, -0.05) is 260 Å². The molecule has 0 atom stereocenters. The summed E-state index contributed by atoms with van der Waals surface area (Å²) in [6.07, 6.45) is 3.42. The highest BCUT2D eigenvalue weighted by atomic mass is 13.9. The molecule has 0 fully saturated rings. The Morgan fingerprint density at radius 3 is 1.04 bits per heavy atom. The van der Waals surface area contributed by atoms with Crippen molar-refractivity contribution in [3.05, 3.63) is 89.5 Å². The maximum Gasteiger partial charge on any atom is 0.169 e. The number of hydrogen-bond acceptors (Lipinski definition) is 0. The molecule has 0 N–H and O–H groups in total. The number of aryl methyl sites for hydroxylation is 3. The van der Waals surface area contributed by atoms with Crippen molar-refractivity contribution >= 4 is 60.1 Å². The van der Waals surface area contributed by atoms with Crippen molar-refractivity contribution in [1.29, 1.82) is 0 Å². The Bertz CT molecular complexity index is 924. The van der Waals surface area contributed by atoms with E-state index in [0.717, 1.165) is 19.3 Å². The fraction of sp³-hybridized carbons (Fsp3) is 0.600. The van der Waals surface area contributed by atoms with Crippen LogP contribution in [0.4, 0.5) is 0 Å². The molecule has 0 aromatic heterocycles. The Morgan fingerprint density at radius 1 is 0.373 bits per heavy atom. The molecule has 0 aliphatic heterocycles. The van der Waals surface area contributed by atoms with Gasteiger partial charge in [-0.2, -0.15) is 0 Å². The summed E-state index contributed by atoms with van der Waals surface area (Å²) in [6, 6.07) is 26.4. The minimum atomic E-state index is 0.654. The predicted molar refractivity (Wildman–Crippen MR) is 262 cm³/mol. The molecule has 0 spiro atoms. The predicted octanol–water partition coefficient (Wildman–Crippen LogP) is 13.4.